The van der Waals surface area contributed by atoms with Crippen molar-refractivity contribution in [1.82, 2.24) is 30.8 Å². The molecule has 0 bridgehead atoms. The summed E-state index contributed by atoms with van der Waals surface area (Å²) in [5.74, 6) is -1.38. The normalized spacial score (nSPS) is 20.0. The van der Waals surface area contributed by atoms with Gasteiger partial charge in [0.2, 0.25) is 0 Å². The first-order valence-electron chi connectivity index (χ1n) is 13.3. The number of ether oxygens (including phenoxy) is 1. The third kappa shape index (κ3) is 6.11. The van der Waals surface area contributed by atoms with Crippen LogP contribution in [0.5, 0.6) is 0 Å². The van der Waals surface area contributed by atoms with E-state index in [2.05, 4.69) is 26.4 Å². The quantitative estimate of drug-likeness (QED) is 0.312. The number of aryl methyl sites for hydroxylation is 1. The minimum Gasteiger partial charge on any atom is -0.385 e. The molecule has 2 fully saturated rings. The zero-order valence-corrected chi connectivity index (χ0v) is 22.2. The zero-order valence-electron chi connectivity index (χ0n) is 22.2. The maximum Gasteiger partial charge on any atom is 0.320 e. The monoisotopic (exact) mass is 539 g/mol. The Morgan fingerprint density at radius 1 is 1.10 bits per heavy atom. The molecule has 39 heavy (non-hydrogen) atoms. The van der Waals surface area contributed by atoms with Crippen LogP contribution in [0.15, 0.2) is 48.5 Å². The van der Waals surface area contributed by atoms with Gasteiger partial charge in [-0.2, -0.15) is 5.10 Å². The van der Waals surface area contributed by atoms with Crippen molar-refractivity contribution in [2.75, 3.05) is 45.2 Å². The molecule has 0 aliphatic carbocycles. The van der Waals surface area contributed by atoms with E-state index in [4.69, 9.17) is 9.84 Å². The summed E-state index contributed by atoms with van der Waals surface area (Å²) in [6.07, 6.45) is 1.53. The molecule has 1 aromatic heterocycles. The fourth-order valence-corrected chi connectivity index (χ4v) is 5.45. The molecule has 0 saturated carbocycles. The standard InChI is InChI=1S/C28H35F2N7O2/c1-18-25(9-6-12-39-2)35-37(20-7-4-3-5-8-20)27(18)34-28(38)33-26-17-36(21-14-31-32-15-21)16-22(26)19-10-11-23(29)24(30)13-19/h3-5,7-8,10-11,13,21-22,26,31-32H,6,9,12,14-17H2,1-2H3,(H2,33,34,38)/t22-,26+/m0/s1. The molecule has 0 spiro atoms. The van der Waals surface area contributed by atoms with E-state index in [-0.39, 0.29) is 24.0 Å². The van der Waals surface area contributed by atoms with Crippen LogP contribution < -0.4 is 21.5 Å². The summed E-state index contributed by atoms with van der Waals surface area (Å²) >= 11 is 0. The Bertz CT molecular complexity index is 1280. The van der Waals surface area contributed by atoms with Gasteiger partial charge >= 0.3 is 6.03 Å². The lowest BCUT2D eigenvalue weighted by molar-refractivity contribution is 0.195. The summed E-state index contributed by atoms with van der Waals surface area (Å²) in [5, 5.41) is 11.0. The molecule has 4 N–H and O–H groups in total. The summed E-state index contributed by atoms with van der Waals surface area (Å²) in [6, 6.07) is 13.2. The van der Waals surface area contributed by atoms with E-state index < -0.39 is 11.6 Å². The Morgan fingerprint density at radius 2 is 1.87 bits per heavy atom. The van der Waals surface area contributed by atoms with Crippen LogP contribution in [-0.2, 0) is 11.2 Å². The predicted octanol–water partition coefficient (Wildman–Crippen LogP) is 3.10. The molecule has 0 unspecified atom stereocenters. The first-order chi connectivity index (χ1) is 18.9. The average Bonchev–Trinajstić information content (AvgIpc) is 3.68. The first kappa shape index (κ1) is 27.2. The highest BCUT2D eigenvalue weighted by atomic mass is 19.2. The number of hydrazine groups is 1. The molecular weight excluding hydrogens is 504 g/mol. The number of carbonyl (C=O) groups is 1. The third-order valence-corrected chi connectivity index (χ3v) is 7.57. The summed E-state index contributed by atoms with van der Waals surface area (Å²) < 4.78 is 34.8. The first-order valence-corrected chi connectivity index (χ1v) is 13.3. The number of amides is 2. The van der Waals surface area contributed by atoms with Gasteiger partial charge in [-0.3, -0.25) is 21.1 Å². The van der Waals surface area contributed by atoms with Crippen LogP contribution in [0.4, 0.5) is 19.4 Å². The number of para-hydroxylation sites is 1. The second-order valence-corrected chi connectivity index (χ2v) is 10.1. The summed E-state index contributed by atoms with van der Waals surface area (Å²) in [6.45, 7) is 5.32. The van der Waals surface area contributed by atoms with Crippen LogP contribution in [-0.4, -0.2) is 72.7 Å². The number of rotatable bonds is 9. The number of anilines is 1. The van der Waals surface area contributed by atoms with Crippen molar-refractivity contribution in [3.63, 3.8) is 0 Å². The van der Waals surface area contributed by atoms with Gasteiger partial charge in [0.1, 0.15) is 5.82 Å². The Morgan fingerprint density at radius 3 is 2.59 bits per heavy atom. The lowest BCUT2D eigenvalue weighted by Gasteiger charge is -2.22. The Balaban J connectivity index is 1.37. The highest BCUT2D eigenvalue weighted by Gasteiger charge is 2.39. The Kier molecular flexibility index (Phi) is 8.51. The number of carbonyl (C=O) groups excluding carboxylic acids is 1. The Labute approximate surface area is 226 Å². The van der Waals surface area contributed by atoms with Gasteiger partial charge in [-0.15, -0.1) is 0 Å². The smallest absolute Gasteiger partial charge is 0.320 e. The van der Waals surface area contributed by atoms with Gasteiger partial charge in [0.15, 0.2) is 11.6 Å². The molecule has 2 aromatic carbocycles. The lowest BCUT2D eigenvalue weighted by Crippen LogP contribution is -2.44. The molecule has 11 heteroatoms. The van der Waals surface area contributed by atoms with E-state index in [1.54, 1.807) is 17.9 Å². The van der Waals surface area contributed by atoms with E-state index in [1.165, 1.54) is 6.07 Å². The lowest BCUT2D eigenvalue weighted by atomic mass is 9.94. The van der Waals surface area contributed by atoms with Crippen molar-refractivity contribution >= 4 is 11.8 Å². The maximum atomic E-state index is 14.1. The second-order valence-electron chi connectivity index (χ2n) is 10.1. The summed E-state index contributed by atoms with van der Waals surface area (Å²) in [4.78, 5) is 15.7. The predicted molar refractivity (Wildman–Crippen MR) is 145 cm³/mol. The maximum absolute atomic E-state index is 14.1. The van der Waals surface area contributed by atoms with Gasteiger partial charge < -0.3 is 10.1 Å². The second kappa shape index (κ2) is 12.2. The number of hydrogen-bond acceptors (Lipinski definition) is 6. The van der Waals surface area contributed by atoms with E-state index in [9.17, 15) is 13.6 Å². The summed E-state index contributed by atoms with van der Waals surface area (Å²) in [5.41, 5.74) is 9.55. The van der Waals surface area contributed by atoms with Crippen LogP contribution in [0.1, 0.15) is 29.2 Å². The van der Waals surface area contributed by atoms with Gasteiger partial charge in [-0.25, -0.2) is 18.3 Å². The number of urea groups is 1. The molecule has 3 heterocycles. The molecule has 9 nitrogen and oxygen atoms in total. The van der Waals surface area contributed by atoms with Gasteiger partial charge in [-0.1, -0.05) is 24.3 Å². The number of aromatic nitrogens is 2. The van der Waals surface area contributed by atoms with E-state index in [0.717, 1.165) is 48.9 Å². The van der Waals surface area contributed by atoms with E-state index >= 15 is 0 Å². The van der Waals surface area contributed by atoms with Gasteiger partial charge in [0.25, 0.3) is 0 Å². The van der Waals surface area contributed by atoms with Gasteiger partial charge in [0, 0.05) is 57.4 Å². The van der Waals surface area contributed by atoms with Crippen LogP contribution in [0, 0.1) is 18.6 Å². The highest BCUT2D eigenvalue weighted by molar-refractivity contribution is 5.90. The number of halogens is 2. The van der Waals surface area contributed by atoms with Crippen molar-refractivity contribution in [3.05, 3.63) is 77.0 Å². The van der Waals surface area contributed by atoms with Crippen molar-refractivity contribution in [2.24, 2.45) is 0 Å². The largest absolute Gasteiger partial charge is 0.385 e. The molecular formula is C28H35F2N7O2. The van der Waals surface area contributed by atoms with Crippen LogP contribution >= 0.6 is 0 Å². The number of benzene rings is 2. The van der Waals surface area contributed by atoms with E-state index in [1.807, 2.05) is 37.3 Å². The van der Waals surface area contributed by atoms with Crippen molar-refractivity contribution in [1.29, 1.82) is 0 Å². The molecule has 2 atom stereocenters. The topological polar surface area (TPSA) is 95.5 Å². The molecule has 5 rings (SSSR count). The SMILES string of the molecule is COCCCc1nn(-c2ccccc2)c(NC(=O)N[C@@H]2CN(C3CNNC3)C[C@H]2c2ccc(F)c(F)c2)c1C. The number of nitrogens with zero attached hydrogens (tertiary/aromatic N) is 3. The number of likely N-dealkylation sites (tertiary alicyclic amines) is 1. The van der Waals surface area contributed by atoms with Crippen LogP contribution in [0.3, 0.4) is 0 Å². The average molecular weight is 540 g/mol. The fraction of sp³-hybridized carbons (Fsp3) is 0.429. The number of nitrogens with one attached hydrogen (secondary N) is 4. The van der Waals surface area contributed by atoms with Crippen molar-refractivity contribution < 1.29 is 18.3 Å². The minimum absolute atomic E-state index is 0.198. The fourth-order valence-electron chi connectivity index (χ4n) is 5.45. The molecule has 3 aromatic rings. The van der Waals surface area contributed by atoms with E-state index in [0.29, 0.717) is 31.1 Å². The van der Waals surface area contributed by atoms with Gasteiger partial charge in [0.05, 0.1) is 17.4 Å². The zero-order chi connectivity index (χ0) is 27.4. The van der Waals surface area contributed by atoms with Crippen molar-refractivity contribution in [2.45, 2.75) is 37.8 Å². The highest BCUT2D eigenvalue weighted by Crippen LogP contribution is 2.31. The molecule has 2 amide bonds. The third-order valence-electron chi connectivity index (χ3n) is 7.57. The molecule has 0 radical (unpaired) electrons. The van der Waals surface area contributed by atoms with Gasteiger partial charge in [-0.05, 0) is 49.6 Å². The number of hydrogen-bond donors (Lipinski definition) is 4. The molecule has 2 saturated heterocycles. The Hall–Kier alpha value is -3.38. The molecule has 2 aliphatic heterocycles. The number of methoxy groups -OCH3 is 1. The van der Waals surface area contributed by atoms with Crippen LogP contribution in [0.2, 0.25) is 0 Å². The van der Waals surface area contributed by atoms with Crippen LogP contribution in [0.25, 0.3) is 5.69 Å². The van der Waals surface area contributed by atoms with Crippen molar-refractivity contribution in [3.8, 4) is 5.69 Å². The summed E-state index contributed by atoms with van der Waals surface area (Å²) in [7, 11) is 1.67. The molecule has 208 valence electrons. The molecule has 2 aliphatic rings. The minimum atomic E-state index is -0.887.